The number of nitriles is 1. The Kier molecular flexibility index (Phi) is 4.78. The summed E-state index contributed by atoms with van der Waals surface area (Å²) < 4.78 is 18.1. The van der Waals surface area contributed by atoms with E-state index in [2.05, 4.69) is 13.2 Å². The van der Waals surface area contributed by atoms with Crippen LogP contribution in [0, 0.1) is 18.3 Å². The van der Waals surface area contributed by atoms with Crippen molar-refractivity contribution in [2.24, 2.45) is 0 Å². The molecule has 1 aromatic carbocycles. The molecule has 96 valence electrons. The van der Waals surface area contributed by atoms with E-state index in [-0.39, 0.29) is 11.3 Å². The summed E-state index contributed by atoms with van der Waals surface area (Å²) in [7, 11) is 0. The van der Waals surface area contributed by atoms with Gasteiger partial charge in [-0.25, -0.2) is 9.18 Å². The predicted molar refractivity (Wildman–Crippen MR) is 69.7 cm³/mol. The first-order valence-corrected chi connectivity index (χ1v) is 5.38. The Balaban J connectivity index is 2.73. The lowest BCUT2D eigenvalue weighted by Crippen LogP contribution is -2.03. The lowest BCUT2D eigenvalue weighted by Gasteiger charge is -2.04. The fourth-order valence-electron chi connectivity index (χ4n) is 1.18. The summed E-state index contributed by atoms with van der Waals surface area (Å²) in [5.74, 6) is -1.72. The third kappa shape index (κ3) is 4.25. The molecule has 0 radical (unpaired) electrons. The number of nitrogens with zero attached hydrogens (tertiary/aromatic N) is 1. The number of rotatable bonds is 4. The minimum absolute atomic E-state index is 0.195. The van der Waals surface area contributed by atoms with E-state index in [9.17, 15) is 9.18 Å². The highest BCUT2D eigenvalue weighted by molar-refractivity contribution is 5.90. The number of ether oxygens (including phenoxy) is 1. The van der Waals surface area contributed by atoms with Gasteiger partial charge in [0.25, 0.3) is 0 Å². The normalized spacial score (nSPS) is 10.5. The number of carbonyl (C=O) groups is 1. The van der Waals surface area contributed by atoms with Gasteiger partial charge < -0.3 is 4.74 Å². The Morgan fingerprint density at radius 3 is 2.47 bits per heavy atom. The van der Waals surface area contributed by atoms with Gasteiger partial charge in [-0.15, -0.1) is 0 Å². The quantitative estimate of drug-likeness (QED) is 0.358. The van der Waals surface area contributed by atoms with Crippen LogP contribution in [-0.4, -0.2) is 5.97 Å². The molecule has 0 saturated carbocycles. The van der Waals surface area contributed by atoms with Crippen LogP contribution in [0.4, 0.5) is 4.39 Å². The van der Waals surface area contributed by atoms with E-state index in [0.717, 1.165) is 11.6 Å². The van der Waals surface area contributed by atoms with Crippen LogP contribution in [0.15, 0.2) is 60.7 Å². The van der Waals surface area contributed by atoms with Gasteiger partial charge in [0.2, 0.25) is 0 Å². The highest BCUT2D eigenvalue weighted by atomic mass is 19.1. The van der Waals surface area contributed by atoms with Crippen molar-refractivity contribution in [2.45, 2.75) is 6.92 Å². The van der Waals surface area contributed by atoms with Gasteiger partial charge in [-0.2, -0.15) is 5.26 Å². The molecular formula is C15H12FNO2. The second kappa shape index (κ2) is 6.31. The van der Waals surface area contributed by atoms with Crippen LogP contribution < -0.4 is 0 Å². The first-order valence-electron chi connectivity index (χ1n) is 5.38. The molecule has 0 heterocycles. The minimum Gasteiger partial charge on any atom is -0.423 e. The fourth-order valence-corrected chi connectivity index (χ4v) is 1.18. The number of benzene rings is 1. The van der Waals surface area contributed by atoms with E-state index < -0.39 is 11.8 Å². The molecule has 1 rings (SSSR count). The maximum atomic E-state index is 13.2. The van der Waals surface area contributed by atoms with Crippen molar-refractivity contribution < 1.29 is 13.9 Å². The maximum Gasteiger partial charge on any atom is 0.343 e. The van der Waals surface area contributed by atoms with Crippen LogP contribution in [-0.2, 0) is 4.74 Å². The Morgan fingerprint density at radius 1 is 1.37 bits per heavy atom. The lowest BCUT2D eigenvalue weighted by molar-refractivity contribution is 0.0638. The third-order valence-electron chi connectivity index (χ3n) is 2.22. The zero-order valence-electron chi connectivity index (χ0n) is 10.4. The first-order chi connectivity index (χ1) is 8.93. The van der Waals surface area contributed by atoms with Gasteiger partial charge in [-0.05, 0) is 19.1 Å². The Bertz CT molecular complexity index is 592. The van der Waals surface area contributed by atoms with E-state index in [1.807, 2.05) is 6.92 Å². The molecule has 3 nitrogen and oxygen atoms in total. The Hall–Kier alpha value is -2.67. The lowest BCUT2D eigenvalue weighted by atomic mass is 10.1. The zero-order valence-corrected chi connectivity index (χ0v) is 10.4. The largest absolute Gasteiger partial charge is 0.423 e. The summed E-state index contributed by atoms with van der Waals surface area (Å²) in [4.78, 5) is 11.7. The standard InChI is InChI=1S/C15H12FNO2/c1-10-4-6-13(7-5-10)15(18)19-12(3)8-14(16)11(2)9-17/h4-8H,2-3H2,1H3/b14-8+. The molecule has 0 fully saturated rings. The molecule has 19 heavy (non-hydrogen) atoms. The second-order valence-electron chi connectivity index (χ2n) is 3.80. The maximum absolute atomic E-state index is 13.2. The van der Waals surface area contributed by atoms with E-state index in [4.69, 9.17) is 10.00 Å². The van der Waals surface area contributed by atoms with Crippen molar-refractivity contribution in [1.82, 2.24) is 0 Å². The second-order valence-corrected chi connectivity index (χ2v) is 3.80. The molecule has 0 aliphatic carbocycles. The van der Waals surface area contributed by atoms with Crippen LogP contribution in [0.25, 0.3) is 0 Å². The van der Waals surface area contributed by atoms with Gasteiger partial charge in [-0.3, -0.25) is 0 Å². The van der Waals surface area contributed by atoms with Crippen molar-refractivity contribution >= 4 is 5.97 Å². The number of aryl methyl sites for hydroxylation is 1. The summed E-state index contributed by atoms with van der Waals surface area (Å²) in [6.07, 6.45) is 0.845. The predicted octanol–water partition coefficient (Wildman–Crippen LogP) is 3.60. The molecule has 0 aromatic heterocycles. The van der Waals surface area contributed by atoms with Gasteiger partial charge in [0.1, 0.15) is 17.7 Å². The van der Waals surface area contributed by atoms with E-state index in [0.29, 0.717) is 5.56 Å². The van der Waals surface area contributed by atoms with Gasteiger partial charge in [0.05, 0.1) is 11.1 Å². The molecule has 4 heteroatoms. The number of esters is 1. The SMILES string of the molecule is C=C(/C=C(/F)C(=C)C#N)OC(=O)c1ccc(C)cc1. The number of hydrogen-bond acceptors (Lipinski definition) is 3. The average molecular weight is 257 g/mol. The smallest absolute Gasteiger partial charge is 0.343 e. The zero-order chi connectivity index (χ0) is 14.4. The van der Waals surface area contributed by atoms with Crippen LogP contribution in [0.1, 0.15) is 15.9 Å². The summed E-state index contributed by atoms with van der Waals surface area (Å²) in [6, 6.07) is 8.25. The Morgan fingerprint density at radius 2 is 1.95 bits per heavy atom. The summed E-state index contributed by atoms with van der Waals surface area (Å²) >= 11 is 0. The van der Waals surface area contributed by atoms with Crippen LogP contribution in [0.5, 0.6) is 0 Å². The molecule has 0 spiro atoms. The van der Waals surface area contributed by atoms with Crippen LogP contribution >= 0.6 is 0 Å². The molecule has 0 aliphatic heterocycles. The molecule has 0 saturated heterocycles. The minimum atomic E-state index is -0.885. The van der Waals surface area contributed by atoms with Gasteiger partial charge in [-0.1, -0.05) is 30.9 Å². The molecule has 1 aromatic rings. The van der Waals surface area contributed by atoms with Crippen LogP contribution in [0.3, 0.4) is 0 Å². The van der Waals surface area contributed by atoms with Crippen molar-refractivity contribution in [2.75, 3.05) is 0 Å². The van der Waals surface area contributed by atoms with Crippen molar-refractivity contribution in [3.63, 3.8) is 0 Å². The Labute approximate surface area is 110 Å². The highest BCUT2D eigenvalue weighted by Gasteiger charge is 2.09. The molecule has 0 amide bonds. The molecule has 0 unspecified atom stereocenters. The number of allylic oxidation sites excluding steroid dienone is 3. The molecule has 0 bridgehead atoms. The molecule has 0 N–H and O–H groups in total. The number of hydrogen-bond donors (Lipinski definition) is 0. The van der Waals surface area contributed by atoms with E-state index in [1.54, 1.807) is 30.3 Å². The monoisotopic (exact) mass is 257 g/mol. The van der Waals surface area contributed by atoms with Crippen molar-refractivity contribution in [3.8, 4) is 6.07 Å². The van der Waals surface area contributed by atoms with Crippen molar-refractivity contribution in [3.05, 3.63) is 71.8 Å². The van der Waals surface area contributed by atoms with Crippen LogP contribution in [0.2, 0.25) is 0 Å². The number of halogens is 1. The highest BCUT2D eigenvalue weighted by Crippen LogP contribution is 2.13. The fraction of sp³-hybridized carbons (Fsp3) is 0.0667. The summed E-state index contributed by atoms with van der Waals surface area (Å²) in [5.41, 5.74) is 0.985. The molecular weight excluding hydrogens is 245 g/mol. The topological polar surface area (TPSA) is 50.1 Å². The number of carbonyl (C=O) groups excluding carboxylic acids is 1. The summed E-state index contributed by atoms with van der Waals surface area (Å²) in [5, 5.41) is 8.44. The van der Waals surface area contributed by atoms with Gasteiger partial charge >= 0.3 is 5.97 Å². The average Bonchev–Trinajstić information content (AvgIpc) is 2.38. The van der Waals surface area contributed by atoms with E-state index >= 15 is 0 Å². The van der Waals surface area contributed by atoms with E-state index in [1.165, 1.54) is 0 Å². The van der Waals surface area contributed by atoms with Gasteiger partial charge in [0.15, 0.2) is 0 Å². The third-order valence-corrected chi connectivity index (χ3v) is 2.22. The van der Waals surface area contributed by atoms with Crippen molar-refractivity contribution in [1.29, 1.82) is 5.26 Å². The molecule has 0 aliphatic rings. The first kappa shape index (κ1) is 14.4. The summed E-state index contributed by atoms with van der Waals surface area (Å²) in [6.45, 7) is 8.46. The molecule has 0 atom stereocenters. The van der Waals surface area contributed by atoms with Gasteiger partial charge in [0, 0.05) is 6.08 Å².